The predicted molar refractivity (Wildman–Crippen MR) is 77.6 cm³/mol. The minimum atomic E-state index is -3.50. The molecule has 2 N–H and O–H groups in total. The van der Waals surface area contributed by atoms with Crippen LogP contribution in [-0.4, -0.2) is 31.1 Å². The van der Waals surface area contributed by atoms with Crippen molar-refractivity contribution in [2.24, 2.45) is 0 Å². The second-order valence-electron chi connectivity index (χ2n) is 3.87. The lowest BCUT2D eigenvalue weighted by molar-refractivity contribution is 0.282. The van der Waals surface area contributed by atoms with Gasteiger partial charge in [-0.15, -0.1) is 11.3 Å². The molecule has 1 heterocycles. The van der Waals surface area contributed by atoms with E-state index in [9.17, 15) is 8.42 Å². The Bertz CT molecular complexity index is 456. The van der Waals surface area contributed by atoms with Crippen molar-refractivity contribution in [3.63, 3.8) is 0 Å². The van der Waals surface area contributed by atoms with E-state index in [0.717, 1.165) is 17.9 Å². The molecular formula is C11H19NO3S3. The van der Waals surface area contributed by atoms with Gasteiger partial charge in [0.05, 0.1) is 11.5 Å². The number of thioether (sulfide) groups is 1. The van der Waals surface area contributed by atoms with Crippen LogP contribution in [0.2, 0.25) is 0 Å². The molecule has 0 saturated heterocycles. The van der Waals surface area contributed by atoms with E-state index in [1.807, 2.05) is 6.92 Å². The van der Waals surface area contributed by atoms with Crippen LogP contribution in [-0.2, 0) is 16.6 Å². The third-order valence-corrected chi connectivity index (χ3v) is 6.04. The van der Waals surface area contributed by atoms with Gasteiger partial charge in [0, 0.05) is 10.9 Å². The van der Waals surface area contributed by atoms with Crippen molar-refractivity contribution in [1.29, 1.82) is 0 Å². The number of hydrogen-bond donors (Lipinski definition) is 2. The summed E-state index contributed by atoms with van der Waals surface area (Å²) in [6.07, 6.45) is 0.802. The van der Waals surface area contributed by atoms with E-state index in [0.29, 0.717) is 4.88 Å². The molecule has 1 aromatic rings. The van der Waals surface area contributed by atoms with Crippen LogP contribution >= 0.6 is 23.1 Å². The maximum atomic E-state index is 12.1. The molecule has 0 aliphatic rings. The van der Waals surface area contributed by atoms with Gasteiger partial charge in [0.1, 0.15) is 0 Å². The smallest absolute Gasteiger partial charge is 0.242 e. The second kappa shape index (κ2) is 7.49. The molecule has 0 bridgehead atoms. The third-order valence-electron chi connectivity index (χ3n) is 2.39. The van der Waals surface area contributed by atoms with Crippen LogP contribution in [0.3, 0.4) is 0 Å². The Morgan fingerprint density at radius 3 is 2.89 bits per heavy atom. The molecule has 0 aromatic carbocycles. The summed E-state index contributed by atoms with van der Waals surface area (Å²) >= 11 is 3.05. The molecule has 0 radical (unpaired) electrons. The SMILES string of the molecule is CCSCCC(C)NS(=O)(=O)c1ccsc1CO. The molecule has 1 aromatic heterocycles. The van der Waals surface area contributed by atoms with Crippen molar-refractivity contribution in [3.8, 4) is 0 Å². The minimum Gasteiger partial charge on any atom is -0.391 e. The van der Waals surface area contributed by atoms with Crippen LogP contribution in [0, 0.1) is 0 Å². The molecule has 0 saturated carbocycles. The van der Waals surface area contributed by atoms with Crippen molar-refractivity contribution < 1.29 is 13.5 Å². The van der Waals surface area contributed by atoms with Gasteiger partial charge in [-0.05, 0) is 36.3 Å². The average molecular weight is 309 g/mol. The van der Waals surface area contributed by atoms with Gasteiger partial charge in [0.2, 0.25) is 10.0 Å². The maximum Gasteiger partial charge on any atom is 0.242 e. The van der Waals surface area contributed by atoms with Gasteiger partial charge in [-0.25, -0.2) is 13.1 Å². The Morgan fingerprint density at radius 1 is 1.56 bits per heavy atom. The number of hydrogen-bond acceptors (Lipinski definition) is 5. The summed E-state index contributed by atoms with van der Waals surface area (Å²) in [5.41, 5.74) is 0. The van der Waals surface area contributed by atoms with Crippen LogP contribution in [0.5, 0.6) is 0 Å². The Morgan fingerprint density at radius 2 is 2.28 bits per heavy atom. The Kier molecular flexibility index (Phi) is 6.65. The second-order valence-corrected chi connectivity index (χ2v) is 7.95. The summed E-state index contributed by atoms with van der Waals surface area (Å²) in [5.74, 6) is 1.98. The highest BCUT2D eigenvalue weighted by molar-refractivity contribution is 7.99. The molecule has 1 unspecified atom stereocenters. The first-order valence-corrected chi connectivity index (χ1v) is 9.30. The Balaban J connectivity index is 2.65. The molecule has 104 valence electrons. The zero-order chi connectivity index (χ0) is 13.6. The van der Waals surface area contributed by atoms with Gasteiger partial charge >= 0.3 is 0 Å². The molecular weight excluding hydrogens is 290 g/mol. The molecule has 18 heavy (non-hydrogen) atoms. The van der Waals surface area contributed by atoms with E-state index in [1.54, 1.807) is 17.1 Å². The number of thiophene rings is 1. The predicted octanol–water partition coefficient (Wildman–Crippen LogP) is 2.05. The lowest BCUT2D eigenvalue weighted by Crippen LogP contribution is -2.33. The lowest BCUT2D eigenvalue weighted by Gasteiger charge is -2.13. The van der Waals surface area contributed by atoms with Crippen LogP contribution < -0.4 is 4.72 Å². The largest absolute Gasteiger partial charge is 0.391 e. The van der Waals surface area contributed by atoms with Crippen molar-refractivity contribution in [2.45, 2.75) is 37.8 Å². The van der Waals surface area contributed by atoms with Gasteiger partial charge in [-0.2, -0.15) is 11.8 Å². The van der Waals surface area contributed by atoms with Crippen LogP contribution in [0.1, 0.15) is 25.1 Å². The summed E-state index contributed by atoms with van der Waals surface area (Å²) in [6, 6.07) is 1.44. The Labute approximate surface area is 117 Å². The summed E-state index contributed by atoms with van der Waals surface area (Å²) in [4.78, 5) is 0.683. The topological polar surface area (TPSA) is 66.4 Å². The summed E-state index contributed by atoms with van der Waals surface area (Å²) in [5, 5.41) is 10.8. The number of nitrogens with one attached hydrogen (secondary N) is 1. The van der Waals surface area contributed by atoms with E-state index in [1.165, 1.54) is 17.4 Å². The molecule has 0 aliphatic carbocycles. The van der Waals surface area contributed by atoms with E-state index < -0.39 is 10.0 Å². The fourth-order valence-corrected chi connectivity index (χ4v) is 4.86. The van der Waals surface area contributed by atoms with Crippen LogP contribution in [0.4, 0.5) is 0 Å². The zero-order valence-corrected chi connectivity index (χ0v) is 13.0. The molecule has 0 amide bonds. The Hall–Kier alpha value is -0.0800. The molecule has 7 heteroatoms. The molecule has 0 fully saturated rings. The summed E-state index contributed by atoms with van der Waals surface area (Å²) < 4.78 is 26.8. The summed E-state index contributed by atoms with van der Waals surface area (Å²) in [6.45, 7) is 3.70. The van der Waals surface area contributed by atoms with E-state index in [4.69, 9.17) is 5.11 Å². The number of aliphatic hydroxyl groups excluding tert-OH is 1. The quantitative estimate of drug-likeness (QED) is 0.721. The maximum absolute atomic E-state index is 12.1. The van der Waals surface area contributed by atoms with Gasteiger partial charge < -0.3 is 5.11 Å². The average Bonchev–Trinajstić information content (AvgIpc) is 2.77. The highest BCUT2D eigenvalue weighted by atomic mass is 32.2. The lowest BCUT2D eigenvalue weighted by atomic mass is 10.3. The monoisotopic (exact) mass is 309 g/mol. The van der Waals surface area contributed by atoms with Gasteiger partial charge in [-0.1, -0.05) is 6.92 Å². The van der Waals surface area contributed by atoms with E-state index in [2.05, 4.69) is 11.6 Å². The van der Waals surface area contributed by atoms with E-state index in [-0.39, 0.29) is 17.5 Å². The number of aliphatic hydroxyl groups is 1. The summed E-state index contributed by atoms with van der Waals surface area (Å²) in [7, 11) is -3.50. The van der Waals surface area contributed by atoms with Gasteiger partial charge in [0.25, 0.3) is 0 Å². The van der Waals surface area contributed by atoms with Crippen molar-refractivity contribution >= 4 is 33.1 Å². The standard InChI is InChI=1S/C11H19NO3S3/c1-3-16-6-4-9(2)12-18(14,15)11-5-7-17-10(11)8-13/h5,7,9,12-13H,3-4,6,8H2,1-2H3. The third kappa shape index (κ3) is 4.55. The fraction of sp³-hybridized carbons (Fsp3) is 0.636. The molecule has 1 atom stereocenters. The van der Waals surface area contributed by atoms with Crippen LogP contribution in [0.25, 0.3) is 0 Å². The van der Waals surface area contributed by atoms with E-state index >= 15 is 0 Å². The van der Waals surface area contributed by atoms with Crippen molar-refractivity contribution in [3.05, 3.63) is 16.3 Å². The highest BCUT2D eigenvalue weighted by Gasteiger charge is 2.21. The normalized spacial score (nSPS) is 13.7. The molecule has 1 rings (SSSR count). The number of rotatable bonds is 8. The highest BCUT2D eigenvalue weighted by Crippen LogP contribution is 2.22. The fourth-order valence-electron chi connectivity index (χ4n) is 1.48. The van der Waals surface area contributed by atoms with Gasteiger partial charge in [0.15, 0.2) is 0 Å². The van der Waals surface area contributed by atoms with Crippen LogP contribution in [0.15, 0.2) is 16.3 Å². The molecule has 0 spiro atoms. The van der Waals surface area contributed by atoms with Crippen molar-refractivity contribution in [1.82, 2.24) is 4.72 Å². The van der Waals surface area contributed by atoms with Crippen molar-refractivity contribution in [2.75, 3.05) is 11.5 Å². The first-order chi connectivity index (χ1) is 8.51. The molecule has 0 aliphatic heterocycles. The zero-order valence-electron chi connectivity index (χ0n) is 10.5. The molecule has 4 nitrogen and oxygen atoms in total. The number of sulfonamides is 1. The van der Waals surface area contributed by atoms with Gasteiger partial charge in [-0.3, -0.25) is 0 Å². The first-order valence-electron chi connectivity index (χ1n) is 5.78. The first kappa shape index (κ1) is 16.0. The minimum absolute atomic E-state index is 0.0968.